The number of aromatic nitrogens is 3. The van der Waals surface area contributed by atoms with Gasteiger partial charge in [-0.2, -0.15) is 13.2 Å². The van der Waals surface area contributed by atoms with Crippen molar-refractivity contribution >= 4 is 27.2 Å². The number of alkyl halides is 3. The summed E-state index contributed by atoms with van der Waals surface area (Å²) in [5.74, 6) is -0.128. The summed E-state index contributed by atoms with van der Waals surface area (Å²) in [6.45, 7) is 2.31. The molecule has 0 fully saturated rings. The predicted molar refractivity (Wildman–Crippen MR) is 117 cm³/mol. The molecule has 31 heavy (non-hydrogen) atoms. The van der Waals surface area contributed by atoms with Crippen LogP contribution in [0, 0.1) is 0 Å². The first-order chi connectivity index (χ1) is 14.8. The highest BCUT2D eigenvalue weighted by Gasteiger charge is 2.30. The monoisotopic (exact) mass is 443 g/mol. The molecule has 9 heteroatoms. The standard InChI is InChI=1S/C22H20F3N5S/c1-13(14-4-6-18(7-5-14)22(23,24)25)19(26)12-28-21-30-29-20(31-21)16-2-3-17-11-27-9-8-15(17)10-16/h2-11,13,19H,12,26H2,1H3,(H,28,30)/t13-,19-/m0/s1. The van der Waals surface area contributed by atoms with Crippen LogP contribution >= 0.6 is 11.3 Å². The highest BCUT2D eigenvalue weighted by Crippen LogP contribution is 2.31. The molecule has 0 aliphatic carbocycles. The molecule has 2 atom stereocenters. The van der Waals surface area contributed by atoms with E-state index in [9.17, 15) is 13.2 Å². The molecule has 0 aliphatic heterocycles. The molecule has 2 aromatic heterocycles. The van der Waals surface area contributed by atoms with Gasteiger partial charge in [-0.3, -0.25) is 4.98 Å². The Kier molecular flexibility index (Phi) is 5.88. The molecule has 4 rings (SSSR count). The second-order valence-electron chi connectivity index (χ2n) is 7.30. The van der Waals surface area contributed by atoms with Crippen LogP contribution in [-0.2, 0) is 6.18 Å². The van der Waals surface area contributed by atoms with Crippen molar-refractivity contribution in [3.05, 3.63) is 72.1 Å². The third-order valence-corrected chi connectivity index (χ3v) is 6.14. The molecule has 3 N–H and O–H groups in total. The number of pyridine rings is 1. The van der Waals surface area contributed by atoms with E-state index in [1.807, 2.05) is 37.4 Å². The van der Waals surface area contributed by atoms with E-state index in [2.05, 4.69) is 20.5 Å². The van der Waals surface area contributed by atoms with Gasteiger partial charge in [-0.15, -0.1) is 10.2 Å². The van der Waals surface area contributed by atoms with Crippen molar-refractivity contribution in [2.24, 2.45) is 5.73 Å². The van der Waals surface area contributed by atoms with E-state index in [4.69, 9.17) is 5.73 Å². The topological polar surface area (TPSA) is 76.7 Å². The normalized spacial score (nSPS) is 13.8. The summed E-state index contributed by atoms with van der Waals surface area (Å²) in [5, 5.41) is 15.2. The maximum Gasteiger partial charge on any atom is 0.416 e. The molecular formula is C22H20F3N5S. The average Bonchev–Trinajstić information content (AvgIpc) is 3.25. The first-order valence-electron chi connectivity index (χ1n) is 9.65. The smallest absolute Gasteiger partial charge is 0.358 e. The Balaban J connectivity index is 1.39. The number of benzene rings is 2. The van der Waals surface area contributed by atoms with Crippen LogP contribution in [-0.4, -0.2) is 27.8 Å². The molecule has 0 aliphatic rings. The van der Waals surface area contributed by atoms with E-state index in [0.29, 0.717) is 11.7 Å². The first-order valence-corrected chi connectivity index (χ1v) is 10.5. The third-order valence-electron chi connectivity index (χ3n) is 5.21. The Morgan fingerprint density at radius 2 is 1.81 bits per heavy atom. The summed E-state index contributed by atoms with van der Waals surface area (Å²) in [6, 6.07) is 12.8. The van der Waals surface area contributed by atoms with Gasteiger partial charge < -0.3 is 11.1 Å². The molecule has 0 saturated carbocycles. The van der Waals surface area contributed by atoms with Gasteiger partial charge in [-0.25, -0.2) is 0 Å². The van der Waals surface area contributed by atoms with Crippen molar-refractivity contribution in [1.29, 1.82) is 0 Å². The maximum absolute atomic E-state index is 12.7. The Morgan fingerprint density at radius 1 is 1.03 bits per heavy atom. The fourth-order valence-electron chi connectivity index (χ4n) is 3.23. The van der Waals surface area contributed by atoms with Gasteiger partial charge in [0.2, 0.25) is 5.13 Å². The van der Waals surface area contributed by atoms with Gasteiger partial charge in [0.15, 0.2) is 0 Å². The molecule has 0 saturated heterocycles. The minimum absolute atomic E-state index is 0.128. The van der Waals surface area contributed by atoms with Crippen LogP contribution in [0.2, 0.25) is 0 Å². The number of halogens is 3. The van der Waals surface area contributed by atoms with Gasteiger partial charge in [0.1, 0.15) is 5.01 Å². The Labute approximate surface area is 181 Å². The van der Waals surface area contributed by atoms with Gasteiger partial charge in [0.05, 0.1) is 5.56 Å². The van der Waals surface area contributed by atoms with Crippen molar-refractivity contribution in [3.8, 4) is 10.6 Å². The van der Waals surface area contributed by atoms with Crippen LogP contribution in [0.5, 0.6) is 0 Å². The lowest BCUT2D eigenvalue weighted by atomic mass is 9.93. The summed E-state index contributed by atoms with van der Waals surface area (Å²) < 4.78 is 38.2. The van der Waals surface area contributed by atoms with E-state index in [1.165, 1.54) is 23.5 Å². The Hall–Kier alpha value is -3.04. The molecule has 0 amide bonds. The average molecular weight is 443 g/mol. The zero-order valence-corrected chi connectivity index (χ0v) is 17.4. The maximum atomic E-state index is 12.7. The molecule has 5 nitrogen and oxygen atoms in total. The van der Waals surface area contributed by atoms with Crippen molar-refractivity contribution < 1.29 is 13.2 Å². The molecule has 2 aromatic carbocycles. The molecule has 4 aromatic rings. The van der Waals surface area contributed by atoms with Crippen LogP contribution in [0.3, 0.4) is 0 Å². The largest absolute Gasteiger partial charge is 0.416 e. The number of nitrogens with two attached hydrogens (primary N) is 1. The molecule has 0 spiro atoms. The summed E-state index contributed by atoms with van der Waals surface area (Å²) in [4.78, 5) is 4.11. The van der Waals surface area contributed by atoms with Gasteiger partial charge >= 0.3 is 6.18 Å². The lowest BCUT2D eigenvalue weighted by Crippen LogP contribution is -2.34. The highest BCUT2D eigenvalue weighted by molar-refractivity contribution is 7.18. The summed E-state index contributed by atoms with van der Waals surface area (Å²) in [7, 11) is 0. The number of nitrogens with one attached hydrogen (secondary N) is 1. The molecule has 2 heterocycles. The van der Waals surface area contributed by atoms with Crippen molar-refractivity contribution in [1.82, 2.24) is 15.2 Å². The van der Waals surface area contributed by atoms with Crippen LogP contribution in [0.15, 0.2) is 60.9 Å². The fourth-order valence-corrected chi connectivity index (χ4v) is 3.98. The van der Waals surface area contributed by atoms with Gasteiger partial charge in [0, 0.05) is 35.9 Å². The second-order valence-corrected chi connectivity index (χ2v) is 8.28. The van der Waals surface area contributed by atoms with Crippen LogP contribution in [0.4, 0.5) is 18.3 Å². The Bertz CT molecular complexity index is 1170. The van der Waals surface area contributed by atoms with Crippen molar-refractivity contribution in [2.45, 2.75) is 25.1 Å². The number of nitrogens with zero attached hydrogens (tertiary/aromatic N) is 3. The lowest BCUT2D eigenvalue weighted by Gasteiger charge is -2.21. The second kappa shape index (κ2) is 8.60. The van der Waals surface area contributed by atoms with E-state index in [1.54, 1.807) is 6.20 Å². The zero-order valence-electron chi connectivity index (χ0n) is 16.6. The van der Waals surface area contributed by atoms with Crippen LogP contribution in [0.25, 0.3) is 21.3 Å². The van der Waals surface area contributed by atoms with Gasteiger partial charge in [-0.1, -0.05) is 42.5 Å². The van der Waals surface area contributed by atoms with Gasteiger partial charge in [-0.05, 0) is 41.1 Å². The SMILES string of the molecule is C[C@@H](c1ccc(C(F)(F)F)cc1)[C@@H](N)CNc1nnc(-c2ccc3cnccc3c2)s1. The van der Waals surface area contributed by atoms with Crippen molar-refractivity contribution in [3.63, 3.8) is 0 Å². The quantitative estimate of drug-likeness (QED) is 0.422. The van der Waals surface area contributed by atoms with E-state index >= 15 is 0 Å². The van der Waals surface area contributed by atoms with Crippen molar-refractivity contribution in [2.75, 3.05) is 11.9 Å². The minimum atomic E-state index is -4.34. The van der Waals surface area contributed by atoms with Gasteiger partial charge in [0.25, 0.3) is 0 Å². The summed E-state index contributed by atoms with van der Waals surface area (Å²) in [5.41, 5.74) is 7.32. The van der Waals surface area contributed by atoms with E-state index < -0.39 is 11.7 Å². The number of anilines is 1. The lowest BCUT2D eigenvalue weighted by molar-refractivity contribution is -0.137. The van der Waals surface area contributed by atoms with Crippen LogP contribution in [0.1, 0.15) is 24.0 Å². The zero-order chi connectivity index (χ0) is 22.0. The predicted octanol–water partition coefficient (Wildman–Crippen LogP) is 5.32. The fraction of sp³-hybridized carbons (Fsp3) is 0.227. The minimum Gasteiger partial charge on any atom is -0.358 e. The molecule has 0 unspecified atom stereocenters. The van der Waals surface area contributed by atoms with Crippen LogP contribution < -0.4 is 11.1 Å². The van der Waals surface area contributed by atoms with E-state index in [0.717, 1.165) is 39.0 Å². The summed E-state index contributed by atoms with van der Waals surface area (Å²) in [6.07, 6.45) is -0.785. The van der Waals surface area contributed by atoms with E-state index in [-0.39, 0.29) is 12.0 Å². The molecule has 0 radical (unpaired) electrons. The molecule has 160 valence electrons. The number of hydrogen-bond acceptors (Lipinski definition) is 6. The highest BCUT2D eigenvalue weighted by atomic mass is 32.1. The Morgan fingerprint density at radius 3 is 2.55 bits per heavy atom. The molecular weight excluding hydrogens is 423 g/mol. The third kappa shape index (κ3) is 4.83. The number of rotatable bonds is 6. The summed E-state index contributed by atoms with van der Waals surface area (Å²) >= 11 is 1.42. The number of hydrogen-bond donors (Lipinski definition) is 2. The molecule has 0 bridgehead atoms. The first kappa shape index (κ1) is 21.2. The number of fused-ring (bicyclic) bond motifs is 1.